The molecule has 1 atom stereocenters. The first-order valence-corrected chi connectivity index (χ1v) is 6.84. The second-order valence-electron chi connectivity index (χ2n) is 4.49. The molecule has 5 heteroatoms. The summed E-state index contributed by atoms with van der Waals surface area (Å²) in [5.74, 6) is 0.798. The fourth-order valence-electron chi connectivity index (χ4n) is 1.68. The molecule has 0 aliphatic rings. The summed E-state index contributed by atoms with van der Waals surface area (Å²) in [6.07, 6.45) is 0. The smallest absolute Gasteiger partial charge is 0.176 e. The quantitative estimate of drug-likeness (QED) is 0.721. The van der Waals surface area contributed by atoms with Crippen LogP contribution in [0.4, 0.5) is 0 Å². The van der Waals surface area contributed by atoms with Gasteiger partial charge in [-0.3, -0.25) is 9.69 Å². The van der Waals surface area contributed by atoms with Crippen molar-refractivity contribution < 1.29 is 14.3 Å². The molecule has 0 bridgehead atoms. The van der Waals surface area contributed by atoms with E-state index < -0.39 is 0 Å². The van der Waals surface area contributed by atoms with Gasteiger partial charge < -0.3 is 9.47 Å². The van der Waals surface area contributed by atoms with E-state index in [-0.39, 0.29) is 11.8 Å². The predicted octanol–water partition coefficient (Wildman–Crippen LogP) is 2.61. The number of likely N-dealkylation sites (N-methyl/N-ethyl adjacent to an activating group) is 1. The number of Topliss-reactive ketones (excluding diaryl/α,β-unsaturated/α-hetero) is 1. The van der Waals surface area contributed by atoms with E-state index in [1.165, 1.54) is 0 Å². The molecule has 0 aliphatic heterocycles. The molecule has 1 aromatic rings. The molecule has 0 aromatic heterocycles. The lowest BCUT2D eigenvalue weighted by molar-refractivity contribution is 0.0841. The fraction of sp³-hybridized carbons (Fsp3) is 0.500. The Bertz CT molecular complexity index is 437. The van der Waals surface area contributed by atoms with Gasteiger partial charge in [0.1, 0.15) is 5.75 Å². The summed E-state index contributed by atoms with van der Waals surface area (Å²) >= 11 is 3.38. The number of carbonyl (C=O) groups is 1. The van der Waals surface area contributed by atoms with Crippen LogP contribution in [0, 0.1) is 0 Å². The van der Waals surface area contributed by atoms with Crippen LogP contribution >= 0.6 is 15.9 Å². The molecule has 0 saturated carbocycles. The van der Waals surface area contributed by atoms with Crippen LogP contribution in [0.15, 0.2) is 22.7 Å². The first kappa shape index (κ1) is 16.1. The van der Waals surface area contributed by atoms with Crippen molar-refractivity contribution in [3.05, 3.63) is 28.2 Å². The summed E-state index contributed by atoms with van der Waals surface area (Å²) in [5, 5.41) is 0. The summed E-state index contributed by atoms with van der Waals surface area (Å²) in [5.41, 5.74) is 0.671. The Kier molecular flexibility index (Phi) is 6.48. The fourth-order valence-corrected chi connectivity index (χ4v) is 2.22. The van der Waals surface area contributed by atoms with Gasteiger partial charge in [0.25, 0.3) is 0 Å². The van der Waals surface area contributed by atoms with E-state index >= 15 is 0 Å². The van der Waals surface area contributed by atoms with Gasteiger partial charge in [-0.25, -0.2) is 0 Å². The van der Waals surface area contributed by atoms with Gasteiger partial charge in [-0.15, -0.1) is 0 Å². The zero-order chi connectivity index (χ0) is 14.4. The second kappa shape index (κ2) is 7.62. The number of ketones is 1. The predicted molar refractivity (Wildman–Crippen MR) is 79.0 cm³/mol. The standard InChI is InChI=1S/C14H20BrNO3/c1-10(9-18-3)16(2)8-13(17)11-5-6-14(19-4)12(15)7-11/h5-7,10H,8-9H2,1-4H3. The summed E-state index contributed by atoms with van der Waals surface area (Å²) in [7, 11) is 5.18. The highest BCUT2D eigenvalue weighted by molar-refractivity contribution is 9.10. The van der Waals surface area contributed by atoms with Gasteiger partial charge in [0.05, 0.1) is 24.7 Å². The summed E-state index contributed by atoms with van der Waals surface area (Å²) in [4.78, 5) is 14.1. The molecule has 0 saturated heterocycles. The first-order chi connectivity index (χ1) is 8.99. The largest absolute Gasteiger partial charge is 0.496 e. The zero-order valence-electron chi connectivity index (χ0n) is 11.8. The second-order valence-corrected chi connectivity index (χ2v) is 5.35. The third-order valence-electron chi connectivity index (χ3n) is 3.03. The minimum Gasteiger partial charge on any atom is -0.496 e. The molecule has 1 aromatic carbocycles. The van der Waals surface area contributed by atoms with Crippen LogP contribution in [-0.4, -0.2) is 51.1 Å². The molecule has 1 unspecified atom stereocenters. The molecule has 0 N–H and O–H groups in total. The van der Waals surface area contributed by atoms with Crippen LogP contribution in [0.1, 0.15) is 17.3 Å². The third-order valence-corrected chi connectivity index (χ3v) is 3.65. The third kappa shape index (κ3) is 4.60. The molecule has 106 valence electrons. The van der Waals surface area contributed by atoms with E-state index in [9.17, 15) is 4.79 Å². The zero-order valence-corrected chi connectivity index (χ0v) is 13.4. The Hall–Kier alpha value is -0.910. The molecule has 1 rings (SSSR count). The Morgan fingerprint density at radius 1 is 1.42 bits per heavy atom. The van der Waals surface area contributed by atoms with Crippen LogP contribution < -0.4 is 4.74 Å². The maximum absolute atomic E-state index is 12.2. The van der Waals surface area contributed by atoms with Gasteiger partial charge in [0.15, 0.2) is 5.78 Å². The average molecular weight is 330 g/mol. The minimum atomic E-state index is 0.0776. The van der Waals surface area contributed by atoms with Crippen molar-refractivity contribution in [3.63, 3.8) is 0 Å². The lowest BCUT2D eigenvalue weighted by Gasteiger charge is -2.23. The summed E-state index contributed by atoms with van der Waals surface area (Å²) in [6, 6.07) is 5.56. The van der Waals surface area contributed by atoms with Gasteiger partial charge in [-0.1, -0.05) is 0 Å². The van der Waals surface area contributed by atoms with Crippen molar-refractivity contribution in [1.82, 2.24) is 4.90 Å². The SMILES string of the molecule is COCC(C)N(C)CC(=O)c1ccc(OC)c(Br)c1. The lowest BCUT2D eigenvalue weighted by Crippen LogP contribution is -2.36. The molecule has 0 spiro atoms. The highest BCUT2D eigenvalue weighted by Gasteiger charge is 2.15. The molecule has 0 heterocycles. The van der Waals surface area contributed by atoms with Gasteiger partial charge in [-0.05, 0) is 48.1 Å². The van der Waals surface area contributed by atoms with E-state index in [1.54, 1.807) is 32.4 Å². The Morgan fingerprint density at radius 3 is 2.63 bits per heavy atom. The maximum Gasteiger partial charge on any atom is 0.176 e. The van der Waals surface area contributed by atoms with Crippen LogP contribution in [-0.2, 0) is 4.74 Å². The number of nitrogens with zero attached hydrogens (tertiary/aromatic N) is 1. The van der Waals surface area contributed by atoms with Gasteiger partial charge in [0, 0.05) is 18.7 Å². The topological polar surface area (TPSA) is 38.8 Å². The van der Waals surface area contributed by atoms with E-state index in [2.05, 4.69) is 15.9 Å². The molecular formula is C14H20BrNO3. The Morgan fingerprint density at radius 2 is 2.11 bits per heavy atom. The number of ether oxygens (including phenoxy) is 2. The van der Waals surface area contributed by atoms with Gasteiger partial charge in [0.2, 0.25) is 0 Å². The monoisotopic (exact) mass is 329 g/mol. The van der Waals surface area contributed by atoms with E-state index in [4.69, 9.17) is 9.47 Å². The van der Waals surface area contributed by atoms with Crippen molar-refractivity contribution >= 4 is 21.7 Å². The number of hydrogen-bond acceptors (Lipinski definition) is 4. The van der Waals surface area contributed by atoms with Crippen LogP contribution in [0.25, 0.3) is 0 Å². The Balaban J connectivity index is 2.70. The Labute approximate surface area is 122 Å². The number of benzene rings is 1. The van der Waals surface area contributed by atoms with Gasteiger partial charge in [-0.2, -0.15) is 0 Å². The van der Waals surface area contributed by atoms with Crippen LogP contribution in [0.2, 0.25) is 0 Å². The van der Waals surface area contributed by atoms with Crippen LogP contribution in [0.3, 0.4) is 0 Å². The molecule has 19 heavy (non-hydrogen) atoms. The molecular weight excluding hydrogens is 310 g/mol. The number of methoxy groups -OCH3 is 2. The normalized spacial score (nSPS) is 12.5. The van der Waals surface area contributed by atoms with Crippen molar-refractivity contribution in [2.45, 2.75) is 13.0 Å². The van der Waals surface area contributed by atoms with E-state index in [0.717, 1.165) is 10.2 Å². The highest BCUT2D eigenvalue weighted by Crippen LogP contribution is 2.25. The van der Waals surface area contributed by atoms with Crippen molar-refractivity contribution in [3.8, 4) is 5.75 Å². The number of hydrogen-bond donors (Lipinski definition) is 0. The van der Waals surface area contributed by atoms with Crippen molar-refractivity contribution in [2.24, 2.45) is 0 Å². The highest BCUT2D eigenvalue weighted by atomic mass is 79.9. The molecule has 0 aliphatic carbocycles. The average Bonchev–Trinajstić information content (AvgIpc) is 2.38. The molecule has 0 amide bonds. The first-order valence-electron chi connectivity index (χ1n) is 6.05. The van der Waals surface area contributed by atoms with E-state index in [0.29, 0.717) is 18.7 Å². The molecule has 0 fully saturated rings. The molecule has 0 radical (unpaired) electrons. The van der Waals surface area contributed by atoms with Crippen LogP contribution in [0.5, 0.6) is 5.75 Å². The maximum atomic E-state index is 12.2. The number of halogens is 1. The summed E-state index contributed by atoms with van der Waals surface area (Å²) in [6.45, 7) is 3.00. The number of rotatable bonds is 7. The summed E-state index contributed by atoms with van der Waals surface area (Å²) < 4.78 is 11.0. The van der Waals surface area contributed by atoms with E-state index in [1.807, 2.05) is 18.9 Å². The molecule has 4 nitrogen and oxygen atoms in total. The lowest BCUT2D eigenvalue weighted by atomic mass is 10.1. The van der Waals surface area contributed by atoms with Crippen molar-refractivity contribution in [2.75, 3.05) is 34.4 Å². The van der Waals surface area contributed by atoms with Gasteiger partial charge >= 0.3 is 0 Å². The van der Waals surface area contributed by atoms with Crippen molar-refractivity contribution in [1.29, 1.82) is 0 Å². The number of carbonyl (C=O) groups excluding carboxylic acids is 1. The minimum absolute atomic E-state index is 0.0776.